The molecule has 1 aliphatic rings. The first kappa shape index (κ1) is 21.9. The summed E-state index contributed by atoms with van der Waals surface area (Å²) in [6.07, 6.45) is 3.23. The second kappa shape index (κ2) is 12.4. The zero-order valence-corrected chi connectivity index (χ0v) is 16.9. The fourth-order valence-corrected chi connectivity index (χ4v) is 2.25. The Bertz CT molecular complexity index is 306. The van der Waals surface area contributed by atoms with Crippen molar-refractivity contribution in [1.82, 2.24) is 10.6 Å². The van der Waals surface area contributed by atoms with Gasteiger partial charge in [-0.3, -0.25) is 4.99 Å². The van der Waals surface area contributed by atoms with Crippen molar-refractivity contribution >= 4 is 29.9 Å². The number of guanidine groups is 1. The quantitative estimate of drug-likeness (QED) is 0.257. The van der Waals surface area contributed by atoms with Crippen molar-refractivity contribution < 1.29 is 9.47 Å². The van der Waals surface area contributed by atoms with E-state index in [9.17, 15) is 0 Å². The lowest BCUT2D eigenvalue weighted by Crippen LogP contribution is -2.39. The lowest BCUT2D eigenvalue weighted by atomic mass is 10.0. The van der Waals surface area contributed by atoms with Crippen molar-refractivity contribution in [2.45, 2.75) is 52.6 Å². The second-order valence-corrected chi connectivity index (χ2v) is 6.35. The second-order valence-electron chi connectivity index (χ2n) is 6.35. The maximum Gasteiger partial charge on any atom is 0.191 e. The molecule has 0 bridgehead atoms. The van der Waals surface area contributed by atoms with Crippen LogP contribution in [0.3, 0.4) is 0 Å². The molecule has 6 heteroatoms. The zero-order valence-electron chi connectivity index (χ0n) is 14.6. The van der Waals surface area contributed by atoms with E-state index in [0.29, 0.717) is 12.5 Å². The number of nitrogens with one attached hydrogen (secondary N) is 2. The van der Waals surface area contributed by atoms with Gasteiger partial charge in [0.15, 0.2) is 5.96 Å². The van der Waals surface area contributed by atoms with Gasteiger partial charge in [0.2, 0.25) is 0 Å². The highest BCUT2D eigenvalue weighted by Crippen LogP contribution is 2.24. The van der Waals surface area contributed by atoms with Crippen LogP contribution >= 0.6 is 24.0 Å². The maximum absolute atomic E-state index is 5.77. The van der Waals surface area contributed by atoms with E-state index in [0.717, 1.165) is 58.1 Å². The highest BCUT2D eigenvalue weighted by molar-refractivity contribution is 14.0. The van der Waals surface area contributed by atoms with Crippen LogP contribution in [0.25, 0.3) is 0 Å². The van der Waals surface area contributed by atoms with Crippen molar-refractivity contribution in [2.24, 2.45) is 10.9 Å². The third-order valence-electron chi connectivity index (χ3n) is 3.43. The first-order chi connectivity index (χ1) is 10.1. The Morgan fingerprint density at radius 1 is 1.36 bits per heavy atom. The van der Waals surface area contributed by atoms with E-state index in [2.05, 4.69) is 43.3 Å². The normalized spacial score (nSPS) is 21.8. The summed E-state index contributed by atoms with van der Waals surface area (Å²) in [4.78, 5) is 4.64. The fourth-order valence-electron chi connectivity index (χ4n) is 2.25. The minimum absolute atomic E-state index is 0. The van der Waals surface area contributed by atoms with Crippen LogP contribution in [0.5, 0.6) is 0 Å². The topological polar surface area (TPSA) is 54.9 Å². The van der Waals surface area contributed by atoms with Crippen molar-refractivity contribution in [1.29, 1.82) is 0 Å². The van der Waals surface area contributed by atoms with Gasteiger partial charge < -0.3 is 20.1 Å². The van der Waals surface area contributed by atoms with Crippen LogP contribution in [0.2, 0.25) is 0 Å². The Morgan fingerprint density at radius 3 is 2.73 bits per heavy atom. The molecule has 0 aliphatic carbocycles. The van der Waals surface area contributed by atoms with Gasteiger partial charge in [0.25, 0.3) is 0 Å². The van der Waals surface area contributed by atoms with Crippen LogP contribution in [0.1, 0.15) is 47.0 Å². The third kappa shape index (κ3) is 9.84. The van der Waals surface area contributed by atoms with Crippen LogP contribution in [-0.4, -0.2) is 51.0 Å². The van der Waals surface area contributed by atoms with Gasteiger partial charge in [-0.2, -0.15) is 0 Å². The minimum atomic E-state index is -0.0806. The van der Waals surface area contributed by atoms with Crippen LogP contribution in [-0.2, 0) is 9.47 Å². The molecule has 1 fully saturated rings. The van der Waals surface area contributed by atoms with E-state index in [1.807, 2.05) is 0 Å². The Morgan fingerprint density at radius 2 is 2.14 bits per heavy atom. The molecule has 0 aromatic heterocycles. The molecule has 1 atom stereocenters. The average molecular weight is 427 g/mol. The van der Waals surface area contributed by atoms with Gasteiger partial charge in [-0.1, -0.05) is 13.8 Å². The van der Waals surface area contributed by atoms with E-state index < -0.39 is 0 Å². The molecule has 0 aromatic carbocycles. The molecule has 5 nitrogen and oxygen atoms in total. The van der Waals surface area contributed by atoms with Gasteiger partial charge in [0.1, 0.15) is 0 Å². The standard InChI is InChI=1S/C16H33N3O2.HI/c1-5-17-15(18-9-7-10-20-12-14(2)3)19-13-16(4)8-6-11-21-16;/h14H,5-13H2,1-4H3,(H2,17,18,19);1H. The molecule has 1 saturated heterocycles. The first-order valence-electron chi connectivity index (χ1n) is 8.29. The number of rotatable bonds is 9. The summed E-state index contributed by atoms with van der Waals surface area (Å²) in [5.74, 6) is 1.47. The molecule has 0 radical (unpaired) electrons. The van der Waals surface area contributed by atoms with Crippen LogP contribution in [0.4, 0.5) is 0 Å². The number of aliphatic imine (C=N–C) groups is 1. The Labute approximate surface area is 153 Å². The molecule has 1 unspecified atom stereocenters. The SMILES string of the molecule is CCNC(=NCC1(C)CCCO1)NCCCOCC(C)C.I. The number of nitrogens with zero attached hydrogens (tertiary/aromatic N) is 1. The van der Waals surface area contributed by atoms with E-state index in [-0.39, 0.29) is 29.6 Å². The third-order valence-corrected chi connectivity index (χ3v) is 3.43. The number of hydrogen-bond acceptors (Lipinski definition) is 3. The molecular formula is C16H34IN3O2. The van der Waals surface area contributed by atoms with Gasteiger partial charge in [0, 0.05) is 32.9 Å². The maximum atomic E-state index is 5.77. The Kier molecular flexibility index (Phi) is 12.3. The molecule has 1 aliphatic heterocycles. The Hall–Kier alpha value is -0.0800. The summed E-state index contributed by atoms with van der Waals surface area (Å²) in [5, 5.41) is 6.63. The highest BCUT2D eigenvalue weighted by Gasteiger charge is 2.29. The first-order valence-corrected chi connectivity index (χ1v) is 8.29. The summed E-state index contributed by atoms with van der Waals surface area (Å²) in [6.45, 7) is 13.5. The minimum Gasteiger partial charge on any atom is -0.381 e. The molecule has 22 heavy (non-hydrogen) atoms. The summed E-state index contributed by atoms with van der Waals surface area (Å²) in [6, 6.07) is 0. The molecule has 0 saturated carbocycles. The van der Waals surface area contributed by atoms with E-state index >= 15 is 0 Å². The number of hydrogen-bond donors (Lipinski definition) is 2. The summed E-state index contributed by atoms with van der Waals surface area (Å²) < 4.78 is 11.3. The molecule has 1 heterocycles. The molecule has 0 aromatic rings. The molecule has 2 N–H and O–H groups in total. The summed E-state index contributed by atoms with van der Waals surface area (Å²) in [7, 11) is 0. The van der Waals surface area contributed by atoms with E-state index in [1.165, 1.54) is 0 Å². The molecule has 0 spiro atoms. The van der Waals surface area contributed by atoms with Gasteiger partial charge in [-0.15, -0.1) is 24.0 Å². The van der Waals surface area contributed by atoms with Crippen LogP contribution in [0, 0.1) is 5.92 Å². The van der Waals surface area contributed by atoms with Crippen molar-refractivity contribution in [3.8, 4) is 0 Å². The lowest BCUT2D eigenvalue weighted by Gasteiger charge is -2.21. The van der Waals surface area contributed by atoms with Gasteiger partial charge in [-0.25, -0.2) is 0 Å². The lowest BCUT2D eigenvalue weighted by molar-refractivity contribution is 0.0283. The smallest absolute Gasteiger partial charge is 0.191 e. The van der Waals surface area contributed by atoms with Crippen molar-refractivity contribution in [3.63, 3.8) is 0 Å². The predicted octanol–water partition coefficient (Wildman–Crippen LogP) is 2.79. The molecule has 0 amide bonds. The fraction of sp³-hybridized carbons (Fsp3) is 0.938. The summed E-state index contributed by atoms with van der Waals surface area (Å²) in [5.41, 5.74) is -0.0806. The summed E-state index contributed by atoms with van der Waals surface area (Å²) >= 11 is 0. The van der Waals surface area contributed by atoms with Crippen LogP contribution in [0.15, 0.2) is 4.99 Å². The monoisotopic (exact) mass is 427 g/mol. The number of ether oxygens (including phenoxy) is 2. The van der Waals surface area contributed by atoms with E-state index in [4.69, 9.17) is 9.47 Å². The molecular weight excluding hydrogens is 393 g/mol. The van der Waals surface area contributed by atoms with Crippen molar-refractivity contribution in [3.05, 3.63) is 0 Å². The highest BCUT2D eigenvalue weighted by atomic mass is 127. The molecule has 1 rings (SSSR count). The number of halogens is 1. The largest absolute Gasteiger partial charge is 0.381 e. The molecule has 132 valence electrons. The van der Waals surface area contributed by atoms with Gasteiger partial charge >= 0.3 is 0 Å². The van der Waals surface area contributed by atoms with Gasteiger partial charge in [0.05, 0.1) is 12.1 Å². The average Bonchev–Trinajstić information content (AvgIpc) is 2.87. The van der Waals surface area contributed by atoms with Crippen molar-refractivity contribution in [2.75, 3.05) is 39.5 Å². The Balaban J connectivity index is 0.00000441. The zero-order chi connectivity index (χ0) is 15.6. The van der Waals surface area contributed by atoms with Crippen LogP contribution < -0.4 is 10.6 Å². The van der Waals surface area contributed by atoms with E-state index in [1.54, 1.807) is 0 Å². The predicted molar refractivity (Wildman–Crippen MR) is 103 cm³/mol. The van der Waals surface area contributed by atoms with Gasteiger partial charge in [-0.05, 0) is 39.0 Å².